The minimum atomic E-state index is -3.39. The highest BCUT2D eigenvalue weighted by Crippen LogP contribution is 2.17. The second-order valence-electron chi connectivity index (χ2n) is 7.41. The average molecular weight is 416 g/mol. The third-order valence-corrected chi connectivity index (χ3v) is 6.66. The first kappa shape index (κ1) is 21.3. The van der Waals surface area contributed by atoms with E-state index in [2.05, 4.69) is 27.1 Å². The van der Waals surface area contributed by atoms with E-state index in [0.717, 1.165) is 29.9 Å². The molecular formula is C21H29N5O2S. The summed E-state index contributed by atoms with van der Waals surface area (Å²) in [6.07, 6.45) is 4.47. The van der Waals surface area contributed by atoms with Crippen LogP contribution in [-0.2, 0) is 42.9 Å². The number of hydrogen-bond acceptors (Lipinski definition) is 5. The number of imidazole rings is 1. The lowest BCUT2D eigenvalue weighted by molar-refractivity contribution is 0.307. The Hall–Kier alpha value is -2.45. The summed E-state index contributed by atoms with van der Waals surface area (Å²) in [5.41, 5.74) is 4.24. The monoisotopic (exact) mass is 415 g/mol. The van der Waals surface area contributed by atoms with Crippen LogP contribution in [0.5, 0.6) is 0 Å². The Morgan fingerprint density at radius 1 is 1.14 bits per heavy atom. The lowest BCUT2D eigenvalue weighted by Gasteiger charge is -2.18. The number of sulfone groups is 1. The van der Waals surface area contributed by atoms with Crippen molar-refractivity contribution >= 4 is 9.84 Å². The van der Waals surface area contributed by atoms with Gasteiger partial charge >= 0.3 is 0 Å². The predicted octanol–water partition coefficient (Wildman–Crippen LogP) is 2.59. The van der Waals surface area contributed by atoms with Gasteiger partial charge in [-0.05, 0) is 26.0 Å². The van der Waals surface area contributed by atoms with Crippen LogP contribution in [0.2, 0.25) is 0 Å². The molecule has 2 heterocycles. The summed E-state index contributed by atoms with van der Waals surface area (Å²) >= 11 is 0. The van der Waals surface area contributed by atoms with Crippen LogP contribution in [0.15, 0.2) is 47.9 Å². The molecule has 0 N–H and O–H groups in total. The lowest BCUT2D eigenvalue weighted by atomic mass is 10.1. The van der Waals surface area contributed by atoms with Crippen molar-refractivity contribution in [2.45, 2.75) is 45.1 Å². The number of aromatic nitrogens is 4. The van der Waals surface area contributed by atoms with Gasteiger partial charge in [0.25, 0.3) is 0 Å². The van der Waals surface area contributed by atoms with Gasteiger partial charge in [0.1, 0.15) is 0 Å². The Balaban J connectivity index is 1.82. The zero-order chi connectivity index (χ0) is 21.0. The Kier molecular flexibility index (Phi) is 6.54. The highest BCUT2D eigenvalue weighted by Gasteiger charge is 2.22. The van der Waals surface area contributed by atoms with Crippen LogP contribution < -0.4 is 0 Å². The van der Waals surface area contributed by atoms with Crippen LogP contribution in [0.3, 0.4) is 0 Å². The molecule has 3 aromatic rings. The van der Waals surface area contributed by atoms with Gasteiger partial charge in [0, 0.05) is 38.4 Å². The van der Waals surface area contributed by atoms with Crippen molar-refractivity contribution in [2.24, 2.45) is 7.05 Å². The zero-order valence-electron chi connectivity index (χ0n) is 17.5. The highest BCUT2D eigenvalue weighted by atomic mass is 32.2. The first-order valence-corrected chi connectivity index (χ1v) is 11.4. The number of hydrogen-bond donors (Lipinski definition) is 0. The number of benzene rings is 1. The second-order valence-corrected chi connectivity index (χ2v) is 9.58. The molecular weight excluding hydrogens is 386 g/mol. The van der Waals surface area contributed by atoms with Crippen LogP contribution >= 0.6 is 0 Å². The van der Waals surface area contributed by atoms with Crippen molar-refractivity contribution in [3.8, 4) is 0 Å². The molecule has 0 spiro atoms. The Morgan fingerprint density at radius 2 is 1.86 bits per heavy atom. The van der Waals surface area contributed by atoms with Gasteiger partial charge in [-0.3, -0.25) is 9.58 Å². The molecule has 0 amide bonds. The SMILES string of the molecule is CCS(=O)(=O)c1ncc(CN(C)Cc2cn(C)nc2C)n1CCc1ccccc1. The van der Waals surface area contributed by atoms with Crippen molar-refractivity contribution in [2.75, 3.05) is 12.8 Å². The standard InChI is InChI=1S/C21H29N5O2S/c1-5-29(27,28)21-22-13-20(26(21)12-11-18-9-7-6-8-10-18)16-24(3)14-19-15-25(4)23-17(19)2/h6-10,13,15H,5,11-12,14,16H2,1-4H3. The summed E-state index contributed by atoms with van der Waals surface area (Å²) in [5.74, 6) is 0.0412. The normalized spacial score (nSPS) is 12.0. The molecule has 0 bridgehead atoms. The summed E-state index contributed by atoms with van der Waals surface area (Å²) in [4.78, 5) is 6.44. The molecule has 8 heteroatoms. The molecule has 2 aromatic heterocycles. The summed E-state index contributed by atoms with van der Waals surface area (Å²) in [7, 11) is 0.546. The van der Waals surface area contributed by atoms with Crippen LogP contribution in [0, 0.1) is 6.92 Å². The quantitative estimate of drug-likeness (QED) is 0.537. The minimum absolute atomic E-state index is 0.0412. The number of aryl methyl sites for hydroxylation is 3. The van der Waals surface area contributed by atoms with Gasteiger partial charge in [-0.2, -0.15) is 5.10 Å². The maximum atomic E-state index is 12.6. The Bertz CT molecular complexity index is 1050. The van der Waals surface area contributed by atoms with Gasteiger partial charge in [0.2, 0.25) is 15.0 Å². The summed E-state index contributed by atoms with van der Waals surface area (Å²) in [6.45, 7) is 5.57. The molecule has 0 saturated carbocycles. The molecule has 29 heavy (non-hydrogen) atoms. The van der Waals surface area contributed by atoms with E-state index in [1.165, 1.54) is 5.56 Å². The van der Waals surface area contributed by atoms with Crippen molar-refractivity contribution in [3.05, 3.63) is 65.2 Å². The average Bonchev–Trinajstić information content (AvgIpc) is 3.23. The van der Waals surface area contributed by atoms with E-state index in [1.54, 1.807) is 13.1 Å². The summed E-state index contributed by atoms with van der Waals surface area (Å²) in [5, 5.41) is 4.56. The Labute approximate surface area is 172 Å². The topological polar surface area (TPSA) is 73.0 Å². The number of rotatable bonds is 9. The van der Waals surface area contributed by atoms with E-state index in [4.69, 9.17) is 0 Å². The fourth-order valence-electron chi connectivity index (χ4n) is 3.45. The summed E-state index contributed by atoms with van der Waals surface area (Å²) < 4.78 is 28.8. The maximum absolute atomic E-state index is 12.6. The first-order chi connectivity index (χ1) is 13.8. The lowest BCUT2D eigenvalue weighted by Crippen LogP contribution is -2.22. The molecule has 0 aliphatic heterocycles. The van der Waals surface area contributed by atoms with Gasteiger partial charge in [0.15, 0.2) is 0 Å². The number of nitrogens with zero attached hydrogens (tertiary/aromatic N) is 5. The van der Waals surface area contributed by atoms with E-state index >= 15 is 0 Å². The molecule has 0 aliphatic carbocycles. The molecule has 0 unspecified atom stereocenters. The molecule has 0 aliphatic rings. The zero-order valence-corrected chi connectivity index (χ0v) is 18.4. The third-order valence-electron chi connectivity index (χ3n) is 5.01. The van der Waals surface area contributed by atoms with Gasteiger partial charge < -0.3 is 4.57 Å². The fraction of sp³-hybridized carbons (Fsp3) is 0.429. The fourth-order valence-corrected chi connectivity index (χ4v) is 4.46. The maximum Gasteiger partial charge on any atom is 0.227 e. The molecule has 0 fully saturated rings. The molecule has 1 aromatic carbocycles. The molecule has 0 saturated heterocycles. The van der Waals surface area contributed by atoms with Crippen LogP contribution in [0.1, 0.15) is 29.4 Å². The van der Waals surface area contributed by atoms with E-state index in [9.17, 15) is 8.42 Å². The minimum Gasteiger partial charge on any atom is -0.317 e. The third kappa shape index (κ3) is 5.13. The molecule has 3 rings (SSSR count). The van der Waals surface area contributed by atoms with Gasteiger partial charge in [-0.15, -0.1) is 0 Å². The van der Waals surface area contributed by atoms with E-state index in [1.807, 2.05) is 54.7 Å². The first-order valence-electron chi connectivity index (χ1n) is 9.79. The predicted molar refractivity (Wildman–Crippen MR) is 113 cm³/mol. The Morgan fingerprint density at radius 3 is 2.48 bits per heavy atom. The van der Waals surface area contributed by atoms with E-state index in [-0.39, 0.29) is 10.9 Å². The smallest absolute Gasteiger partial charge is 0.227 e. The van der Waals surface area contributed by atoms with Crippen molar-refractivity contribution in [1.82, 2.24) is 24.2 Å². The molecule has 0 atom stereocenters. The molecule has 7 nitrogen and oxygen atoms in total. The summed E-state index contributed by atoms with van der Waals surface area (Å²) in [6, 6.07) is 10.1. The molecule has 156 valence electrons. The van der Waals surface area contributed by atoms with Gasteiger partial charge in [-0.25, -0.2) is 13.4 Å². The van der Waals surface area contributed by atoms with Crippen LogP contribution in [0.4, 0.5) is 0 Å². The van der Waals surface area contributed by atoms with E-state index < -0.39 is 9.84 Å². The second kappa shape index (κ2) is 8.92. The van der Waals surface area contributed by atoms with Crippen LogP contribution in [-0.4, -0.2) is 45.4 Å². The van der Waals surface area contributed by atoms with Crippen LogP contribution in [0.25, 0.3) is 0 Å². The van der Waals surface area contributed by atoms with Gasteiger partial charge in [-0.1, -0.05) is 37.3 Å². The van der Waals surface area contributed by atoms with E-state index in [0.29, 0.717) is 13.1 Å². The highest BCUT2D eigenvalue weighted by molar-refractivity contribution is 7.91. The van der Waals surface area contributed by atoms with Crippen molar-refractivity contribution in [3.63, 3.8) is 0 Å². The largest absolute Gasteiger partial charge is 0.317 e. The molecule has 0 radical (unpaired) electrons. The van der Waals surface area contributed by atoms with Crippen molar-refractivity contribution in [1.29, 1.82) is 0 Å². The van der Waals surface area contributed by atoms with Gasteiger partial charge in [0.05, 0.1) is 23.3 Å². The van der Waals surface area contributed by atoms with Crippen molar-refractivity contribution < 1.29 is 8.42 Å².